The first-order chi connectivity index (χ1) is 7.80. The molecule has 0 saturated carbocycles. The van der Waals surface area contributed by atoms with Crippen molar-refractivity contribution >= 4 is 23.5 Å². The normalized spacial score (nSPS) is 41.4. The van der Waals surface area contributed by atoms with Crippen molar-refractivity contribution in [3.05, 3.63) is 23.3 Å². The van der Waals surface area contributed by atoms with Gasteiger partial charge in [-0.3, -0.25) is 0 Å². The predicted molar refractivity (Wildman–Crippen MR) is 73.1 cm³/mol. The Labute approximate surface area is 106 Å². The molecule has 0 N–H and O–H groups in total. The van der Waals surface area contributed by atoms with Crippen LogP contribution in [-0.4, -0.2) is 27.8 Å². The Morgan fingerprint density at radius 1 is 1.19 bits per heavy atom. The van der Waals surface area contributed by atoms with Crippen molar-refractivity contribution in [3.63, 3.8) is 0 Å². The van der Waals surface area contributed by atoms with Gasteiger partial charge in [0.05, 0.1) is 10.2 Å². The lowest BCUT2D eigenvalue weighted by Gasteiger charge is -2.38. The first-order valence-corrected chi connectivity index (χ1v) is 8.04. The molecule has 3 heterocycles. The van der Waals surface area contributed by atoms with Crippen LogP contribution in [0.3, 0.4) is 0 Å². The molecule has 3 heteroatoms. The number of fused-ring (bicyclic) bond motifs is 3. The number of rotatable bonds is 0. The van der Waals surface area contributed by atoms with E-state index >= 15 is 0 Å². The summed E-state index contributed by atoms with van der Waals surface area (Å²) in [4.78, 5) is 0. The highest BCUT2D eigenvalue weighted by Gasteiger charge is 2.57. The first-order valence-electron chi connectivity index (χ1n) is 6.07. The summed E-state index contributed by atoms with van der Waals surface area (Å²) in [5.74, 6) is 2.61. The second-order valence-corrected chi connectivity index (χ2v) is 7.67. The van der Waals surface area contributed by atoms with E-state index < -0.39 is 0 Å². The minimum Gasteiger partial charge on any atom is -0.363 e. The van der Waals surface area contributed by atoms with E-state index in [1.54, 1.807) is 0 Å². The van der Waals surface area contributed by atoms with Gasteiger partial charge in [0.2, 0.25) is 0 Å². The highest BCUT2D eigenvalue weighted by molar-refractivity contribution is 8.18. The largest absolute Gasteiger partial charge is 0.363 e. The van der Waals surface area contributed by atoms with E-state index in [1.807, 2.05) is 0 Å². The van der Waals surface area contributed by atoms with Gasteiger partial charge in [0, 0.05) is 6.42 Å². The Morgan fingerprint density at radius 2 is 1.88 bits per heavy atom. The second kappa shape index (κ2) is 4.11. The van der Waals surface area contributed by atoms with Gasteiger partial charge in [-0.15, -0.1) is 23.5 Å². The van der Waals surface area contributed by atoms with E-state index in [2.05, 4.69) is 49.5 Å². The predicted octanol–water partition coefficient (Wildman–Crippen LogP) is 3.62. The van der Waals surface area contributed by atoms with Crippen molar-refractivity contribution in [2.75, 3.05) is 11.5 Å². The summed E-state index contributed by atoms with van der Waals surface area (Å²) in [5, 5.41) is 0. The van der Waals surface area contributed by atoms with Crippen LogP contribution in [-0.2, 0) is 4.74 Å². The van der Waals surface area contributed by atoms with Crippen LogP contribution in [0.25, 0.3) is 0 Å². The van der Waals surface area contributed by atoms with Crippen LogP contribution in [0.15, 0.2) is 23.3 Å². The third-order valence-corrected chi connectivity index (χ3v) is 7.17. The molecular formula is C13H18OS2. The van der Waals surface area contributed by atoms with Crippen LogP contribution in [0.2, 0.25) is 0 Å². The molecule has 3 saturated heterocycles. The van der Waals surface area contributed by atoms with Gasteiger partial charge in [0.25, 0.3) is 0 Å². The Kier molecular flexibility index (Phi) is 2.89. The molecular weight excluding hydrogens is 236 g/mol. The molecule has 0 aromatic carbocycles. The smallest absolute Gasteiger partial charge is 0.107 e. The number of hydrogen-bond acceptors (Lipinski definition) is 3. The maximum absolute atomic E-state index is 6.19. The Morgan fingerprint density at radius 3 is 2.50 bits per heavy atom. The van der Waals surface area contributed by atoms with Crippen molar-refractivity contribution in [3.8, 4) is 0 Å². The monoisotopic (exact) mass is 254 g/mol. The molecule has 1 spiro atoms. The topological polar surface area (TPSA) is 9.23 Å². The van der Waals surface area contributed by atoms with Gasteiger partial charge in [-0.2, -0.15) is 0 Å². The van der Waals surface area contributed by atoms with Crippen LogP contribution in [0.1, 0.15) is 26.7 Å². The average molecular weight is 254 g/mol. The van der Waals surface area contributed by atoms with E-state index in [9.17, 15) is 0 Å². The highest BCUT2D eigenvalue weighted by atomic mass is 32.2. The van der Waals surface area contributed by atoms with Gasteiger partial charge in [-0.05, 0) is 42.9 Å². The molecule has 2 unspecified atom stereocenters. The summed E-state index contributed by atoms with van der Waals surface area (Å²) in [6.45, 7) is 4.28. The summed E-state index contributed by atoms with van der Waals surface area (Å²) in [6.07, 6.45) is 7.80. The molecule has 2 atom stereocenters. The van der Waals surface area contributed by atoms with E-state index in [-0.39, 0.29) is 0 Å². The third kappa shape index (κ3) is 1.44. The number of thioether (sulfide) groups is 2. The summed E-state index contributed by atoms with van der Waals surface area (Å²) in [5.41, 5.74) is 2.91. The van der Waals surface area contributed by atoms with Crippen LogP contribution >= 0.6 is 23.5 Å². The fourth-order valence-electron chi connectivity index (χ4n) is 3.04. The van der Waals surface area contributed by atoms with Crippen molar-refractivity contribution in [2.24, 2.45) is 0 Å². The molecule has 16 heavy (non-hydrogen) atoms. The standard InChI is InChI=1S/C13H18OS2/c1-3-9-10(4-2)12-13(8-11(9)14-12)15-6-5-7-16-13/h3-4,11-12H,5-8H2,1-2H3. The molecule has 0 aliphatic carbocycles. The zero-order valence-corrected chi connectivity index (χ0v) is 11.5. The first kappa shape index (κ1) is 11.2. The van der Waals surface area contributed by atoms with E-state index in [0.717, 1.165) is 0 Å². The van der Waals surface area contributed by atoms with E-state index in [1.165, 1.54) is 35.5 Å². The highest BCUT2D eigenvalue weighted by Crippen LogP contribution is 2.60. The van der Waals surface area contributed by atoms with Crippen molar-refractivity contribution in [1.29, 1.82) is 0 Å². The van der Waals surface area contributed by atoms with Gasteiger partial charge in [-0.25, -0.2) is 0 Å². The molecule has 3 fully saturated rings. The zero-order chi connectivity index (χ0) is 11.2. The zero-order valence-electron chi connectivity index (χ0n) is 9.86. The van der Waals surface area contributed by atoms with Crippen LogP contribution in [0.5, 0.6) is 0 Å². The molecule has 0 radical (unpaired) electrons. The van der Waals surface area contributed by atoms with Gasteiger partial charge in [0.1, 0.15) is 6.10 Å². The fourth-order valence-corrected chi connectivity index (χ4v) is 6.53. The lowest BCUT2D eigenvalue weighted by molar-refractivity contribution is 0.122. The van der Waals surface area contributed by atoms with Crippen LogP contribution in [0.4, 0.5) is 0 Å². The summed E-state index contributed by atoms with van der Waals surface area (Å²) in [7, 11) is 0. The molecule has 0 amide bonds. The molecule has 0 aromatic rings. The molecule has 3 rings (SSSR count). The van der Waals surface area contributed by atoms with Gasteiger partial charge in [0.15, 0.2) is 0 Å². The Hall–Kier alpha value is 0.140. The Bertz CT molecular complexity index is 353. The summed E-state index contributed by atoms with van der Waals surface area (Å²) >= 11 is 4.28. The molecule has 3 aliphatic heterocycles. The molecule has 2 bridgehead atoms. The molecule has 88 valence electrons. The van der Waals surface area contributed by atoms with Gasteiger partial charge < -0.3 is 4.74 Å². The van der Waals surface area contributed by atoms with Crippen molar-refractivity contribution < 1.29 is 4.74 Å². The summed E-state index contributed by atoms with van der Waals surface area (Å²) in [6, 6.07) is 0. The lowest BCUT2D eigenvalue weighted by atomic mass is 9.88. The minimum atomic E-state index is 0.345. The third-order valence-electron chi connectivity index (χ3n) is 3.74. The van der Waals surface area contributed by atoms with Crippen molar-refractivity contribution in [2.45, 2.75) is 43.0 Å². The Balaban J connectivity index is 1.94. The quantitative estimate of drug-likeness (QED) is 0.653. The minimum absolute atomic E-state index is 0.345. The van der Waals surface area contributed by atoms with Gasteiger partial charge in [-0.1, -0.05) is 12.2 Å². The maximum atomic E-state index is 6.19. The van der Waals surface area contributed by atoms with E-state index in [4.69, 9.17) is 4.74 Å². The van der Waals surface area contributed by atoms with Crippen molar-refractivity contribution in [1.82, 2.24) is 0 Å². The lowest BCUT2D eigenvalue weighted by Crippen LogP contribution is -2.37. The number of hydrogen-bond donors (Lipinski definition) is 0. The average Bonchev–Trinajstić information content (AvgIpc) is 2.83. The summed E-state index contributed by atoms with van der Waals surface area (Å²) < 4.78 is 6.54. The number of ether oxygens (including phenoxy) is 1. The SMILES string of the molecule is CC=C1C(=CC)C2OC1CC21SCCCS1. The number of allylic oxidation sites excluding steroid dienone is 2. The fraction of sp³-hybridized carbons (Fsp3) is 0.692. The van der Waals surface area contributed by atoms with Crippen LogP contribution in [0, 0.1) is 0 Å². The molecule has 0 aromatic heterocycles. The van der Waals surface area contributed by atoms with Gasteiger partial charge >= 0.3 is 0 Å². The molecule has 1 nitrogen and oxygen atoms in total. The van der Waals surface area contributed by atoms with E-state index in [0.29, 0.717) is 16.3 Å². The maximum Gasteiger partial charge on any atom is 0.107 e. The molecule has 3 aliphatic rings. The van der Waals surface area contributed by atoms with Crippen LogP contribution < -0.4 is 0 Å². The second-order valence-electron chi connectivity index (χ2n) is 4.56.